The maximum atomic E-state index is 11.4. The molecule has 2 unspecified atom stereocenters. The lowest BCUT2D eigenvalue weighted by Gasteiger charge is -2.23. The molecule has 0 aromatic carbocycles. The third-order valence-corrected chi connectivity index (χ3v) is 3.11. The minimum absolute atomic E-state index is 0.372. The summed E-state index contributed by atoms with van der Waals surface area (Å²) in [5, 5.41) is 0. The number of ketones is 1. The average Bonchev–Trinajstić information content (AvgIpc) is 2.47. The van der Waals surface area contributed by atoms with E-state index in [0.29, 0.717) is 24.0 Å². The second-order valence-electron chi connectivity index (χ2n) is 3.80. The zero-order chi connectivity index (χ0) is 9.84. The lowest BCUT2D eigenvalue weighted by atomic mass is 9.80. The first kappa shape index (κ1) is 10.5. The fourth-order valence-corrected chi connectivity index (χ4v) is 2.49. The molecule has 0 N–H and O–H groups in total. The molecule has 1 nitrogen and oxygen atoms in total. The summed E-state index contributed by atoms with van der Waals surface area (Å²) in [4.78, 5) is 11.4. The van der Waals surface area contributed by atoms with Crippen molar-refractivity contribution in [1.82, 2.24) is 0 Å². The van der Waals surface area contributed by atoms with Gasteiger partial charge in [0.1, 0.15) is 5.78 Å². The van der Waals surface area contributed by atoms with Crippen LogP contribution in [0.15, 0.2) is 12.2 Å². The molecular weight excluding hydrogens is 160 g/mol. The predicted octanol–water partition coefficient (Wildman–Crippen LogP) is 3.35. The van der Waals surface area contributed by atoms with E-state index in [4.69, 9.17) is 0 Å². The fraction of sp³-hybridized carbons (Fsp3) is 0.750. The maximum absolute atomic E-state index is 11.4. The molecule has 74 valence electrons. The van der Waals surface area contributed by atoms with Gasteiger partial charge < -0.3 is 0 Å². The quantitative estimate of drug-likeness (QED) is 0.522. The van der Waals surface area contributed by atoms with E-state index in [1.807, 2.05) is 13.8 Å². The van der Waals surface area contributed by atoms with Gasteiger partial charge in [0, 0.05) is 12.3 Å². The van der Waals surface area contributed by atoms with Gasteiger partial charge in [-0.05, 0) is 18.8 Å². The Labute approximate surface area is 81.2 Å². The lowest BCUT2D eigenvalue weighted by Crippen LogP contribution is -2.18. The number of Topliss-reactive ketones (excluding diaryl/α,β-unsaturated/α-hetero) is 1. The van der Waals surface area contributed by atoms with E-state index in [1.165, 1.54) is 24.8 Å². The molecule has 0 radical (unpaired) electrons. The van der Waals surface area contributed by atoms with Crippen molar-refractivity contribution in [3.05, 3.63) is 12.2 Å². The summed E-state index contributed by atoms with van der Waals surface area (Å²) >= 11 is 0. The summed E-state index contributed by atoms with van der Waals surface area (Å²) in [6.07, 6.45) is 5.57. The van der Waals surface area contributed by atoms with Crippen molar-refractivity contribution in [2.24, 2.45) is 11.8 Å². The molecule has 2 atom stereocenters. The largest absolute Gasteiger partial charge is 0.299 e. The van der Waals surface area contributed by atoms with Crippen LogP contribution >= 0.6 is 0 Å². The average molecular weight is 180 g/mol. The first-order chi connectivity index (χ1) is 6.29. The molecule has 0 aliphatic heterocycles. The van der Waals surface area contributed by atoms with Gasteiger partial charge in [-0.3, -0.25) is 4.79 Å². The highest BCUT2D eigenvalue weighted by Crippen LogP contribution is 2.42. The van der Waals surface area contributed by atoms with Gasteiger partial charge in [0.25, 0.3) is 0 Å². The van der Waals surface area contributed by atoms with Gasteiger partial charge in [0.2, 0.25) is 0 Å². The van der Waals surface area contributed by atoms with Gasteiger partial charge >= 0.3 is 0 Å². The van der Waals surface area contributed by atoms with Crippen molar-refractivity contribution in [1.29, 1.82) is 0 Å². The van der Waals surface area contributed by atoms with Gasteiger partial charge in [0.05, 0.1) is 0 Å². The number of fused-ring (bicyclic) bond motifs is 1. The fourth-order valence-electron chi connectivity index (χ4n) is 2.49. The van der Waals surface area contributed by atoms with Crippen LogP contribution in [0.3, 0.4) is 0 Å². The monoisotopic (exact) mass is 180 g/mol. The van der Waals surface area contributed by atoms with E-state index in [1.54, 1.807) is 0 Å². The van der Waals surface area contributed by atoms with E-state index in [2.05, 4.69) is 6.58 Å². The first-order valence-corrected chi connectivity index (χ1v) is 5.49. The highest BCUT2D eigenvalue weighted by molar-refractivity contribution is 5.87. The maximum Gasteiger partial charge on any atom is 0.140 e. The highest BCUT2D eigenvalue weighted by Gasteiger charge is 2.38. The molecule has 2 rings (SSSR count). The third kappa shape index (κ3) is 2.01. The summed E-state index contributed by atoms with van der Waals surface area (Å²) in [6.45, 7) is 7.97. The number of hydrogen-bond donors (Lipinski definition) is 0. The number of carbonyl (C=O) groups is 1. The molecule has 0 saturated heterocycles. The molecule has 0 aromatic rings. The number of allylic oxidation sites excluding steroid dienone is 1. The van der Waals surface area contributed by atoms with E-state index in [-0.39, 0.29) is 0 Å². The normalized spacial score (nSPS) is 32.2. The molecule has 2 fully saturated rings. The third-order valence-electron chi connectivity index (χ3n) is 3.11. The summed E-state index contributed by atoms with van der Waals surface area (Å²) in [7, 11) is 0. The molecule has 2 saturated carbocycles. The molecule has 13 heavy (non-hydrogen) atoms. The van der Waals surface area contributed by atoms with E-state index < -0.39 is 0 Å². The van der Waals surface area contributed by atoms with Crippen molar-refractivity contribution in [2.75, 3.05) is 0 Å². The van der Waals surface area contributed by atoms with Gasteiger partial charge in [-0.25, -0.2) is 0 Å². The summed E-state index contributed by atoms with van der Waals surface area (Å²) in [5.41, 5.74) is 1.21. The van der Waals surface area contributed by atoms with E-state index in [0.717, 1.165) is 6.42 Å². The van der Waals surface area contributed by atoms with Crippen LogP contribution in [0.5, 0.6) is 0 Å². The Balaban J connectivity index is 0.000000396. The van der Waals surface area contributed by atoms with Crippen molar-refractivity contribution in [3.8, 4) is 0 Å². The standard InChI is InChI=1S/C10H14O.C2H6/c1-7-6-10(11)9-5-3-2-4-8(7)9;1-2/h8-9H,1-6H2;1-2H3. The molecule has 0 spiro atoms. The highest BCUT2D eigenvalue weighted by atomic mass is 16.1. The van der Waals surface area contributed by atoms with Gasteiger partial charge in [0.15, 0.2) is 0 Å². The predicted molar refractivity (Wildman–Crippen MR) is 55.6 cm³/mol. The SMILES string of the molecule is C=C1CC(=O)C2CCCCC12.CC. The van der Waals surface area contributed by atoms with Crippen LogP contribution in [0, 0.1) is 11.8 Å². The van der Waals surface area contributed by atoms with Gasteiger partial charge in [-0.15, -0.1) is 0 Å². The molecule has 2 aliphatic rings. The summed E-state index contributed by atoms with van der Waals surface area (Å²) in [6, 6.07) is 0. The number of rotatable bonds is 0. The molecule has 0 aromatic heterocycles. The zero-order valence-corrected chi connectivity index (χ0v) is 8.81. The Hall–Kier alpha value is -0.590. The topological polar surface area (TPSA) is 17.1 Å². The minimum atomic E-state index is 0.372. The van der Waals surface area contributed by atoms with Crippen molar-refractivity contribution in [2.45, 2.75) is 46.0 Å². The van der Waals surface area contributed by atoms with Gasteiger partial charge in [-0.1, -0.05) is 38.8 Å². The molecule has 0 amide bonds. The summed E-state index contributed by atoms with van der Waals surface area (Å²) in [5.74, 6) is 1.40. The second kappa shape index (κ2) is 4.59. The molecule has 1 heteroatoms. The van der Waals surface area contributed by atoms with Crippen LogP contribution in [0.4, 0.5) is 0 Å². The van der Waals surface area contributed by atoms with Crippen LogP contribution < -0.4 is 0 Å². The lowest BCUT2D eigenvalue weighted by molar-refractivity contribution is -0.121. The molecule has 2 aliphatic carbocycles. The van der Waals surface area contributed by atoms with Crippen molar-refractivity contribution < 1.29 is 4.79 Å². The molecule has 0 bridgehead atoms. The Morgan fingerprint density at radius 1 is 1.15 bits per heavy atom. The van der Waals surface area contributed by atoms with Crippen molar-refractivity contribution >= 4 is 5.78 Å². The number of carbonyl (C=O) groups excluding carboxylic acids is 1. The Morgan fingerprint density at radius 2 is 1.69 bits per heavy atom. The smallest absolute Gasteiger partial charge is 0.140 e. The van der Waals surface area contributed by atoms with Crippen LogP contribution in [-0.4, -0.2) is 5.78 Å². The van der Waals surface area contributed by atoms with Crippen LogP contribution in [0.25, 0.3) is 0 Å². The van der Waals surface area contributed by atoms with Crippen molar-refractivity contribution in [3.63, 3.8) is 0 Å². The van der Waals surface area contributed by atoms with Gasteiger partial charge in [-0.2, -0.15) is 0 Å². The van der Waals surface area contributed by atoms with Crippen LogP contribution in [0.2, 0.25) is 0 Å². The minimum Gasteiger partial charge on any atom is -0.299 e. The first-order valence-electron chi connectivity index (χ1n) is 5.49. The van der Waals surface area contributed by atoms with Crippen LogP contribution in [0.1, 0.15) is 46.0 Å². The molecule has 0 heterocycles. The van der Waals surface area contributed by atoms with E-state index in [9.17, 15) is 4.79 Å². The number of hydrogen-bond acceptors (Lipinski definition) is 1. The van der Waals surface area contributed by atoms with Crippen LogP contribution in [-0.2, 0) is 4.79 Å². The summed E-state index contributed by atoms with van der Waals surface area (Å²) < 4.78 is 0. The zero-order valence-electron chi connectivity index (χ0n) is 8.81. The Kier molecular flexibility index (Phi) is 3.71. The second-order valence-corrected chi connectivity index (χ2v) is 3.80. The molecular formula is C12H20O. The Morgan fingerprint density at radius 3 is 2.23 bits per heavy atom. The van der Waals surface area contributed by atoms with E-state index >= 15 is 0 Å². The Bertz CT molecular complexity index is 183.